The summed E-state index contributed by atoms with van der Waals surface area (Å²) < 4.78 is 30.2. The number of aryl methyl sites for hydroxylation is 1. The van der Waals surface area contributed by atoms with E-state index in [2.05, 4.69) is 45.3 Å². The Morgan fingerprint density at radius 2 is 2.00 bits per heavy atom. The van der Waals surface area contributed by atoms with Crippen LogP contribution in [0.2, 0.25) is 5.02 Å². The molecule has 204 valence electrons. The lowest BCUT2D eigenvalue weighted by atomic mass is 9.95. The van der Waals surface area contributed by atoms with Gasteiger partial charge in [-0.15, -0.1) is 0 Å². The van der Waals surface area contributed by atoms with Gasteiger partial charge in [0.2, 0.25) is 0 Å². The van der Waals surface area contributed by atoms with E-state index >= 15 is 0 Å². The summed E-state index contributed by atoms with van der Waals surface area (Å²) in [5, 5.41) is 8.70. The van der Waals surface area contributed by atoms with Gasteiger partial charge in [0.15, 0.2) is 0 Å². The van der Waals surface area contributed by atoms with E-state index in [0.29, 0.717) is 23.2 Å². The minimum absolute atomic E-state index is 0.204. The number of halogens is 2. The molecule has 0 radical (unpaired) electrons. The fourth-order valence-electron chi connectivity index (χ4n) is 5.04. The van der Waals surface area contributed by atoms with Crippen molar-refractivity contribution >= 4 is 45.3 Å². The molecule has 2 aromatic heterocycles. The van der Waals surface area contributed by atoms with Gasteiger partial charge in [0.25, 0.3) is 0 Å². The van der Waals surface area contributed by atoms with Crippen LogP contribution in [0.3, 0.4) is 0 Å². The Morgan fingerprint density at radius 3 is 2.77 bits per heavy atom. The summed E-state index contributed by atoms with van der Waals surface area (Å²) >= 11 is 6.27. The van der Waals surface area contributed by atoms with Gasteiger partial charge in [-0.05, 0) is 60.7 Å². The van der Waals surface area contributed by atoms with E-state index in [-0.39, 0.29) is 11.5 Å². The molecule has 10 heteroatoms. The topological polar surface area (TPSA) is 96.8 Å². The molecule has 2 aromatic carbocycles. The van der Waals surface area contributed by atoms with Crippen molar-refractivity contribution in [2.24, 2.45) is 10.7 Å². The van der Waals surface area contributed by atoms with Crippen LogP contribution in [0.1, 0.15) is 48.8 Å². The van der Waals surface area contributed by atoms with Gasteiger partial charge in [-0.1, -0.05) is 43.0 Å². The Balaban J connectivity index is 1.60. The lowest BCUT2D eigenvalue weighted by Gasteiger charge is -2.25. The Hall–Kier alpha value is -3.27. The number of nitrogens with one attached hydrogen (secondary N) is 2. The van der Waals surface area contributed by atoms with Crippen LogP contribution < -0.4 is 15.8 Å². The second kappa shape index (κ2) is 11.9. The molecule has 1 unspecified atom stereocenters. The lowest BCUT2D eigenvalue weighted by Crippen LogP contribution is -2.25. The summed E-state index contributed by atoms with van der Waals surface area (Å²) in [5.41, 5.74) is 13.4. The van der Waals surface area contributed by atoms with E-state index in [9.17, 15) is 8.60 Å². The molecule has 1 aliphatic carbocycles. The Bertz CT molecular complexity index is 1560. The number of aliphatic imine (C=N–C) groups is 1. The van der Waals surface area contributed by atoms with Crippen LogP contribution >= 0.6 is 11.6 Å². The molecule has 39 heavy (non-hydrogen) atoms. The van der Waals surface area contributed by atoms with Crippen molar-refractivity contribution in [2.45, 2.75) is 51.6 Å². The van der Waals surface area contributed by atoms with E-state index < -0.39 is 16.8 Å². The van der Waals surface area contributed by atoms with Crippen LogP contribution in [0.15, 0.2) is 59.9 Å². The number of nitrogens with two attached hydrogens (primary N) is 1. The number of amidine groups is 1. The first-order valence-corrected chi connectivity index (χ1v) is 15.0. The van der Waals surface area contributed by atoms with Gasteiger partial charge >= 0.3 is 0 Å². The zero-order chi connectivity index (χ0) is 27.5. The summed E-state index contributed by atoms with van der Waals surface area (Å²) in [4.78, 5) is 4.48. The van der Waals surface area contributed by atoms with Crippen molar-refractivity contribution in [3.63, 3.8) is 0 Å². The van der Waals surface area contributed by atoms with Crippen LogP contribution in [0.25, 0.3) is 16.6 Å². The standard InChI is InChI=1S/C29H32ClFN6OS/c1-18-8-9-19(15-34-39(2)38)12-23(18)20-13-27-28(35-22-6-4-3-5-7-22)24(16-33-37(27)17-20)29(32)36-26-14-21(31)10-11-25(26)30/h8-14,16-17,22,34-35H,3-7,15H2,1-2H3,(H2,32,36). The zero-order valence-corrected chi connectivity index (χ0v) is 23.6. The first-order chi connectivity index (χ1) is 18.8. The number of hydrogen-bond donors (Lipinski definition) is 3. The van der Waals surface area contributed by atoms with Gasteiger partial charge in [-0.3, -0.25) is 0 Å². The highest BCUT2D eigenvalue weighted by atomic mass is 35.5. The van der Waals surface area contributed by atoms with Crippen molar-refractivity contribution in [3.05, 3.63) is 82.4 Å². The van der Waals surface area contributed by atoms with Gasteiger partial charge in [0.1, 0.15) is 11.7 Å². The molecule has 0 spiro atoms. The normalized spacial score (nSPS) is 15.5. The Labute approximate surface area is 235 Å². The predicted octanol–water partition coefficient (Wildman–Crippen LogP) is 6.27. The Kier molecular flexibility index (Phi) is 8.30. The molecule has 0 saturated heterocycles. The lowest BCUT2D eigenvalue weighted by molar-refractivity contribution is 0.463. The molecule has 0 amide bonds. The van der Waals surface area contributed by atoms with Crippen molar-refractivity contribution in [1.82, 2.24) is 14.3 Å². The highest BCUT2D eigenvalue weighted by molar-refractivity contribution is 7.82. The maximum absolute atomic E-state index is 13.9. The van der Waals surface area contributed by atoms with Crippen molar-refractivity contribution in [2.75, 3.05) is 11.6 Å². The molecule has 7 nitrogen and oxygen atoms in total. The molecular weight excluding hydrogens is 535 g/mol. The SMILES string of the molecule is Cc1ccc(CNS(C)=O)cc1-c1cc2c(NC3CCCCC3)c(C(N)=Nc3cc(F)ccc3Cl)cnn2c1. The van der Waals surface area contributed by atoms with Gasteiger partial charge in [0.05, 0.1) is 44.7 Å². The monoisotopic (exact) mass is 566 g/mol. The van der Waals surface area contributed by atoms with Crippen LogP contribution in [0.4, 0.5) is 15.8 Å². The maximum atomic E-state index is 13.9. The van der Waals surface area contributed by atoms with Gasteiger partial charge in [0, 0.05) is 36.7 Å². The number of fused-ring (bicyclic) bond motifs is 1. The number of benzene rings is 2. The number of nitrogens with zero attached hydrogens (tertiary/aromatic N) is 3. The summed E-state index contributed by atoms with van der Waals surface area (Å²) in [7, 11) is -1.09. The first kappa shape index (κ1) is 27.3. The van der Waals surface area contributed by atoms with Gasteiger partial charge in [-0.25, -0.2) is 22.8 Å². The highest BCUT2D eigenvalue weighted by Gasteiger charge is 2.20. The van der Waals surface area contributed by atoms with Gasteiger partial charge < -0.3 is 11.1 Å². The third-order valence-corrected chi connectivity index (χ3v) is 7.98. The molecule has 5 rings (SSSR count). The molecule has 4 aromatic rings. The highest BCUT2D eigenvalue weighted by Crippen LogP contribution is 2.33. The predicted molar refractivity (Wildman–Crippen MR) is 159 cm³/mol. The number of hydrogen-bond acceptors (Lipinski definition) is 4. The molecular formula is C29H32ClFN6OS. The fourth-order valence-corrected chi connectivity index (χ4v) is 5.57. The average Bonchev–Trinajstić information content (AvgIpc) is 3.35. The summed E-state index contributed by atoms with van der Waals surface area (Å²) in [5.74, 6) is -0.232. The average molecular weight is 567 g/mol. The molecule has 1 fully saturated rings. The largest absolute Gasteiger partial charge is 0.383 e. The smallest absolute Gasteiger partial charge is 0.135 e. The number of aromatic nitrogens is 2. The third-order valence-electron chi connectivity index (χ3n) is 7.11. The second-order valence-electron chi connectivity index (χ2n) is 9.99. The first-order valence-electron chi connectivity index (χ1n) is 13.0. The molecule has 2 heterocycles. The van der Waals surface area contributed by atoms with E-state index in [1.54, 1.807) is 12.5 Å². The number of anilines is 1. The van der Waals surface area contributed by atoms with Gasteiger partial charge in [-0.2, -0.15) is 5.10 Å². The minimum Gasteiger partial charge on any atom is -0.383 e. The third kappa shape index (κ3) is 6.32. The van der Waals surface area contributed by atoms with E-state index in [4.69, 9.17) is 17.3 Å². The van der Waals surface area contributed by atoms with E-state index in [1.807, 2.05) is 16.8 Å². The summed E-state index contributed by atoms with van der Waals surface area (Å²) in [6.45, 7) is 2.58. The molecule has 4 N–H and O–H groups in total. The molecule has 1 atom stereocenters. The fraction of sp³-hybridized carbons (Fsp3) is 0.310. The van der Waals surface area contributed by atoms with Crippen LogP contribution in [-0.4, -0.2) is 32.0 Å². The minimum atomic E-state index is -1.09. The molecule has 0 aliphatic heterocycles. The van der Waals surface area contributed by atoms with E-state index in [1.165, 1.54) is 37.5 Å². The zero-order valence-electron chi connectivity index (χ0n) is 22.0. The van der Waals surface area contributed by atoms with Crippen molar-refractivity contribution in [1.29, 1.82) is 0 Å². The second-order valence-corrected chi connectivity index (χ2v) is 11.6. The summed E-state index contributed by atoms with van der Waals surface area (Å²) in [6, 6.07) is 12.6. The van der Waals surface area contributed by atoms with Crippen LogP contribution in [0, 0.1) is 12.7 Å². The van der Waals surface area contributed by atoms with Crippen LogP contribution in [0.5, 0.6) is 0 Å². The van der Waals surface area contributed by atoms with Crippen molar-refractivity contribution < 1.29 is 8.60 Å². The summed E-state index contributed by atoms with van der Waals surface area (Å²) in [6.07, 6.45) is 11.0. The quantitative estimate of drug-likeness (QED) is 0.173. The molecule has 1 saturated carbocycles. The van der Waals surface area contributed by atoms with Crippen LogP contribution in [-0.2, 0) is 17.5 Å². The maximum Gasteiger partial charge on any atom is 0.135 e. The van der Waals surface area contributed by atoms with E-state index in [0.717, 1.165) is 46.3 Å². The van der Waals surface area contributed by atoms with Crippen molar-refractivity contribution in [3.8, 4) is 11.1 Å². The number of rotatable bonds is 8. The Morgan fingerprint density at radius 1 is 1.21 bits per heavy atom. The molecule has 1 aliphatic rings. The molecule has 0 bridgehead atoms.